The molecule has 1 aromatic carbocycles. The zero-order chi connectivity index (χ0) is 20.3. The second-order valence-electron chi connectivity index (χ2n) is 5.72. The Morgan fingerprint density at radius 3 is 2.50 bits per heavy atom. The molecule has 0 unspecified atom stereocenters. The van der Waals surface area contributed by atoms with Crippen LogP contribution in [0.1, 0.15) is 25.8 Å². The van der Waals surface area contributed by atoms with E-state index in [-0.39, 0.29) is 36.3 Å². The quantitative estimate of drug-likeness (QED) is 0.198. The van der Waals surface area contributed by atoms with E-state index in [0.29, 0.717) is 44.1 Å². The van der Waals surface area contributed by atoms with E-state index in [1.807, 2.05) is 6.92 Å². The molecule has 11 heteroatoms. The Labute approximate surface area is 183 Å². The number of nitrogens with zero attached hydrogens (tertiary/aromatic N) is 2. The van der Waals surface area contributed by atoms with Gasteiger partial charge in [0.15, 0.2) is 5.96 Å². The van der Waals surface area contributed by atoms with E-state index in [1.165, 1.54) is 16.6 Å². The summed E-state index contributed by atoms with van der Waals surface area (Å²) < 4.78 is 54.0. The second-order valence-corrected chi connectivity index (χ2v) is 7.70. The molecule has 0 saturated heterocycles. The number of nitrogens with one attached hydrogen (secondary N) is 2. The fourth-order valence-electron chi connectivity index (χ4n) is 2.37. The average molecular weight is 534 g/mol. The van der Waals surface area contributed by atoms with Gasteiger partial charge in [0.25, 0.3) is 0 Å². The summed E-state index contributed by atoms with van der Waals surface area (Å²) in [6.07, 6.45) is 1.80. The molecule has 162 valence electrons. The summed E-state index contributed by atoms with van der Waals surface area (Å²) in [5.74, 6) is 0.616. The van der Waals surface area contributed by atoms with Gasteiger partial charge in [0, 0.05) is 31.7 Å². The lowest BCUT2D eigenvalue weighted by Gasteiger charge is -2.18. The molecule has 0 aliphatic rings. The number of hydrogen-bond acceptors (Lipinski definition) is 4. The Bertz CT molecular complexity index is 705. The molecule has 0 amide bonds. The summed E-state index contributed by atoms with van der Waals surface area (Å²) >= 11 is 0. The number of rotatable bonds is 11. The van der Waals surface area contributed by atoms with E-state index < -0.39 is 16.6 Å². The van der Waals surface area contributed by atoms with Crippen molar-refractivity contribution in [2.75, 3.05) is 32.4 Å². The van der Waals surface area contributed by atoms with E-state index in [9.17, 15) is 17.2 Å². The van der Waals surface area contributed by atoms with Crippen LogP contribution in [0.4, 0.5) is 8.78 Å². The summed E-state index contributed by atoms with van der Waals surface area (Å²) in [4.78, 5) is 4.37. The van der Waals surface area contributed by atoms with Crippen molar-refractivity contribution in [1.29, 1.82) is 0 Å². The highest BCUT2D eigenvalue weighted by molar-refractivity contribution is 14.0. The largest absolute Gasteiger partial charge is 0.434 e. The third kappa shape index (κ3) is 10.4. The van der Waals surface area contributed by atoms with Crippen LogP contribution in [-0.4, -0.2) is 57.7 Å². The highest BCUT2D eigenvalue weighted by atomic mass is 127. The minimum Gasteiger partial charge on any atom is -0.434 e. The van der Waals surface area contributed by atoms with Gasteiger partial charge >= 0.3 is 6.61 Å². The van der Waals surface area contributed by atoms with Crippen molar-refractivity contribution >= 4 is 40.0 Å². The van der Waals surface area contributed by atoms with Crippen molar-refractivity contribution in [3.8, 4) is 5.75 Å². The lowest BCUT2D eigenvalue weighted by atomic mass is 10.2. The SMILES string of the molecule is CCNC(=NCc1ccccc1OC(F)F)NCCCN(CC)S(C)(=O)=O.I. The fourth-order valence-corrected chi connectivity index (χ4v) is 3.30. The predicted molar refractivity (Wildman–Crippen MR) is 118 cm³/mol. The molecule has 7 nitrogen and oxygen atoms in total. The van der Waals surface area contributed by atoms with Crippen molar-refractivity contribution in [1.82, 2.24) is 14.9 Å². The highest BCUT2D eigenvalue weighted by Crippen LogP contribution is 2.20. The first-order chi connectivity index (χ1) is 12.8. The normalized spacial score (nSPS) is 12.0. The molecule has 0 radical (unpaired) electrons. The number of guanidine groups is 1. The zero-order valence-corrected chi connectivity index (χ0v) is 19.5. The Hall–Kier alpha value is -1.21. The van der Waals surface area contributed by atoms with Crippen LogP contribution >= 0.6 is 24.0 Å². The summed E-state index contributed by atoms with van der Waals surface area (Å²) in [6.45, 7) is 2.96. The molecular formula is C17H29F2IN4O3S. The topological polar surface area (TPSA) is 83.0 Å². The molecular weight excluding hydrogens is 505 g/mol. The second kappa shape index (κ2) is 13.9. The van der Waals surface area contributed by atoms with E-state index in [2.05, 4.69) is 20.4 Å². The molecule has 2 N–H and O–H groups in total. The van der Waals surface area contributed by atoms with Gasteiger partial charge in [-0.1, -0.05) is 25.1 Å². The van der Waals surface area contributed by atoms with Crippen LogP contribution in [-0.2, 0) is 16.6 Å². The maximum absolute atomic E-state index is 12.5. The maximum atomic E-state index is 12.5. The van der Waals surface area contributed by atoms with Gasteiger partial charge in [0.2, 0.25) is 10.0 Å². The Balaban J connectivity index is 0.00000729. The van der Waals surface area contributed by atoms with Gasteiger partial charge in [-0.2, -0.15) is 8.78 Å². The van der Waals surface area contributed by atoms with E-state index in [1.54, 1.807) is 25.1 Å². The Kier molecular flexibility index (Phi) is 13.3. The van der Waals surface area contributed by atoms with Crippen LogP contribution in [0.5, 0.6) is 5.75 Å². The number of hydrogen-bond donors (Lipinski definition) is 2. The lowest BCUT2D eigenvalue weighted by Crippen LogP contribution is -2.39. The van der Waals surface area contributed by atoms with E-state index in [0.717, 1.165) is 0 Å². The zero-order valence-electron chi connectivity index (χ0n) is 16.3. The third-order valence-corrected chi connectivity index (χ3v) is 5.02. The fraction of sp³-hybridized carbons (Fsp3) is 0.588. The van der Waals surface area contributed by atoms with Crippen molar-refractivity contribution in [2.24, 2.45) is 4.99 Å². The van der Waals surface area contributed by atoms with Gasteiger partial charge in [-0.3, -0.25) is 0 Å². The van der Waals surface area contributed by atoms with Gasteiger partial charge in [-0.05, 0) is 19.4 Å². The molecule has 28 heavy (non-hydrogen) atoms. The summed E-state index contributed by atoms with van der Waals surface area (Å²) in [5, 5.41) is 6.17. The van der Waals surface area contributed by atoms with Crippen LogP contribution in [0.15, 0.2) is 29.3 Å². The molecule has 1 rings (SSSR count). The van der Waals surface area contributed by atoms with Crippen LogP contribution in [0.2, 0.25) is 0 Å². The van der Waals surface area contributed by atoms with Crippen molar-refractivity contribution in [3.63, 3.8) is 0 Å². The van der Waals surface area contributed by atoms with Crippen LogP contribution < -0.4 is 15.4 Å². The number of aliphatic imine (C=N–C) groups is 1. The number of para-hydroxylation sites is 1. The van der Waals surface area contributed by atoms with Crippen LogP contribution in [0, 0.1) is 0 Å². The number of benzene rings is 1. The predicted octanol–water partition coefficient (Wildman–Crippen LogP) is 2.63. The minimum atomic E-state index is -3.20. The molecule has 0 bridgehead atoms. The lowest BCUT2D eigenvalue weighted by molar-refractivity contribution is -0.0504. The van der Waals surface area contributed by atoms with Gasteiger partial charge in [0.05, 0.1) is 12.8 Å². The molecule has 0 aromatic heterocycles. The monoisotopic (exact) mass is 534 g/mol. The van der Waals surface area contributed by atoms with Crippen LogP contribution in [0.3, 0.4) is 0 Å². The van der Waals surface area contributed by atoms with Crippen molar-refractivity contribution in [2.45, 2.75) is 33.4 Å². The van der Waals surface area contributed by atoms with Crippen molar-refractivity contribution < 1.29 is 21.9 Å². The summed E-state index contributed by atoms with van der Waals surface area (Å²) in [6, 6.07) is 6.50. The van der Waals surface area contributed by atoms with Gasteiger partial charge < -0.3 is 15.4 Å². The Morgan fingerprint density at radius 1 is 1.25 bits per heavy atom. The van der Waals surface area contributed by atoms with Gasteiger partial charge in [-0.15, -0.1) is 24.0 Å². The molecule has 0 fully saturated rings. The smallest absolute Gasteiger partial charge is 0.387 e. The molecule has 0 aliphatic heterocycles. The van der Waals surface area contributed by atoms with E-state index >= 15 is 0 Å². The summed E-state index contributed by atoms with van der Waals surface area (Å²) in [5.41, 5.74) is 0.546. The molecule has 0 saturated carbocycles. The van der Waals surface area contributed by atoms with E-state index in [4.69, 9.17) is 0 Å². The molecule has 0 aliphatic carbocycles. The standard InChI is InChI=1S/C17H28F2N4O3S.HI/c1-4-20-17(21-11-8-12-23(5-2)27(3,24)25)22-13-14-9-6-7-10-15(14)26-16(18)19;/h6-7,9-10,16H,4-5,8,11-13H2,1-3H3,(H2,20,21,22);1H. The first kappa shape index (κ1) is 26.8. The highest BCUT2D eigenvalue weighted by Gasteiger charge is 2.13. The number of alkyl halides is 2. The molecule has 0 heterocycles. The molecule has 1 aromatic rings. The Morgan fingerprint density at radius 2 is 1.93 bits per heavy atom. The average Bonchev–Trinajstić information content (AvgIpc) is 2.59. The molecule has 0 atom stereocenters. The maximum Gasteiger partial charge on any atom is 0.387 e. The van der Waals surface area contributed by atoms with Gasteiger partial charge in [0.1, 0.15) is 5.75 Å². The number of ether oxygens (including phenoxy) is 1. The van der Waals surface area contributed by atoms with Crippen molar-refractivity contribution in [3.05, 3.63) is 29.8 Å². The van der Waals surface area contributed by atoms with Gasteiger partial charge in [-0.25, -0.2) is 17.7 Å². The first-order valence-electron chi connectivity index (χ1n) is 8.77. The third-order valence-electron chi connectivity index (χ3n) is 3.64. The molecule has 0 spiro atoms. The summed E-state index contributed by atoms with van der Waals surface area (Å²) in [7, 11) is -3.20. The number of halogens is 3. The number of sulfonamides is 1. The minimum absolute atomic E-state index is 0. The first-order valence-corrected chi connectivity index (χ1v) is 10.6. The van der Waals surface area contributed by atoms with Crippen LogP contribution in [0.25, 0.3) is 0 Å².